The first-order chi connectivity index (χ1) is 6.76. The van der Waals surface area contributed by atoms with E-state index in [2.05, 4.69) is 0 Å². The zero-order chi connectivity index (χ0) is 10.4. The highest BCUT2D eigenvalue weighted by Gasteiger charge is 1.96. The minimum atomic E-state index is 0.196. The van der Waals surface area contributed by atoms with Crippen molar-refractivity contribution in [2.45, 2.75) is 0 Å². The maximum Gasteiger partial charge on any atom is 0.123 e. The summed E-state index contributed by atoms with van der Waals surface area (Å²) in [5.74, 6) is 0.837. The molecule has 3 nitrogen and oxygen atoms in total. The Morgan fingerprint density at radius 1 is 1.29 bits per heavy atom. The highest BCUT2D eigenvalue weighted by Crippen LogP contribution is 2.22. The Balaban J connectivity index is 2.81. The molecule has 0 amide bonds. The van der Waals surface area contributed by atoms with Crippen LogP contribution in [0.2, 0.25) is 0 Å². The third-order valence-electron chi connectivity index (χ3n) is 1.72. The molecular formula is C11H14O3. The average molecular weight is 194 g/mol. The van der Waals surface area contributed by atoms with Crippen LogP contribution in [0.25, 0.3) is 6.08 Å². The minimum absolute atomic E-state index is 0.196. The smallest absolute Gasteiger partial charge is 0.123 e. The molecular weight excluding hydrogens is 180 g/mol. The Kier molecular flexibility index (Phi) is 4.01. The fourth-order valence-electron chi connectivity index (χ4n) is 1.10. The fraction of sp³-hybridized carbons (Fsp3) is 0.273. The normalized spacial score (nSPS) is 10.7. The van der Waals surface area contributed by atoms with E-state index in [0.717, 1.165) is 5.56 Å². The molecule has 1 aromatic carbocycles. The van der Waals surface area contributed by atoms with Crippen LogP contribution in [-0.2, 0) is 4.74 Å². The Hall–Kier alpha value is -1.48. The van der Waals surface area contributed by atoms with Crippen molar-refractivity contribution in [3.05, 3.63) is 29.8 Å². The predicted molar refractivity (Wildman–Crippen MR) is 55.6 cm³/mol. The number of ether oxygens (including phenoxy) is 2. The number of methoxy groups -OCH3 is 2. The number of phenols is 1. The lowest BCUT2D eigenvalue weighted by atomic mass is 10.2. The molecule has 0 aliphatic rings. The van der Waals surface area contributed by atoms with Gasteiger partial charge in [0.1, 0.15) is 11.5 Å². The molecule has 0 radical (unpaired) electrons. The van der Waals surface area contributed by atoms with Gasteiger partial charge in [-0.25, -0.2) is 0 Å². The maximum absolute atomic E-state index is 9.34. The molecule has 1 N–H and O–H groups in total. The second kappa shape index (κ2) is 5.29. The van der Waals surface area contributed by atoms with Crippen LogP contribution in [0.5, 0.6) is 11.5 Å². The summed E-state index contributed by atoms with van der Waals surface area (Å²) in [6.45, 7) is 0.554. The molecule has 0 spiro atoms. The van der Waals surface area contributed by atoms with Gasteiger partial charge in [0, 0.05) is 13.2 Å². The quantitative estimate of drug-likeness (QED) is 0.797. The summed E-state index contributed by atoms with van der Waals surface area (Å²) < 4.78 is 9.89. The van der Waals surface area contributed by atoms with E-state index in [0.29, 0.717) is 12.4 Å². The van der Waals surface area contributed by atoms with Gasteiger partial charge in [-0.05, 0) is 17.7 Å². The third-order valence-corrected chi connectivity index (χ3v) is 1.72. The van der Waals surface area contributed by atoms with Crippen molar-refractivity contribution in [2.75, 3.05) is 20.8 Å². The summed E-state index contributed by atoms with van der Waals surface area (Å²) in [7, 11) is 3.20. The van der Waals surface area contributed by atoms with E-state index in [1.807, 2.05) is 18.2 Å². The molecule has 14 heavy (non-hydrogen) atoms. The SMILES string of the molecule is COC/C=C/c1cc(O)cc(OC)c1. The lowest BCUT2D eigenvalue weighted by molar-refractivity contribution is 0.234. The van der Waals surface area contributed by atoms with Crippen molar-refractivity contribution >= 4 is 6.08 Å². The van der Waals surface area contributed by atoms with Gasteiger partial charge in [0.15, 0.2) is 0 Å². The molecule has 1 rings (SSSR count). The van der Waals surface area contributed by atoms with Crippen LogP contribution in [0.4, 0.5) is 0 Å². The Morgan fingerprint density at radius 2 is 2.07 bits per heavy atom. The van der Waals surface area contributed by atoms with Gasteiger partial charge >= 0.3 is 0 Å². The number of rotatable bonds is 4. The van der Waals surface area contributed by atoms with Crippen LogP contribution in [0.15, 0.2) is 24.3 Å². The number of phenolic OH excluding ortho intramolecular Hbond substituents is 1. The summed E-state index contributed by atoms with van der Waals surface area (Å²) in [5, 5.41) is 9.34. The van der Waals surface area contributed by atoms with Gasteiger partial charge in [0.25, 0.3) is 0 Å². The van der Waals surface area contributed by atoms with Crippen molar-refractivity contribution in [3.63, 3.8) is 0 Å². The number of hydrogen-bond acceptors (Lipinski definition) is 3. The van der Waals surface area contributed by atoms with E-state index in [1.165, 1.54) is 0 Å². The molecule has 0 aliphatic heterocycles. The monoisotopic (exact) mass is 194 g/mol. The molecule has 0 saturated heterocycles. The average Bonchev–Trinajstić information content (AvgIpc) is 2.17. The Bertz CT molecular complexity index is 318. The van der Waals surface area contributed by atoms with Gasteiger partial charge in [-0.2, -0.15) is 0 Å². The van der Waals surface area contributed by atoms with E-state index in [9.17, 15) is 5.11 Å². The predicted octanol–water partition coefficient (Wildman–Crippen LogP) is 2.06. The topological polar surface area (TPSA) is 38.7 Å². The van der Waals surface area contributed by atoms with Gasteiger partial charge < -0.3 is 14.6 Å². The molecule has 0 heterocycles. The van der Waals surface area contributed by atoms with Crippen molar-refractivity contribution in [3.8, 4) is 11.5 Å². The standard InChI is InChI=1S/C11H14O3/c1-13-5-3-4-9-6-10(12)8-11(7-9)14-2/h3-4,6-8,12H,5H2,1-2H3/b4-3+. The van der Waals surface area contributed by atoms with E-state index < -0.39 is 0 Å². The number of benzene rings is 1. The first-order valence-electron chi connectivity index (χ1n) is 4.30. The van der Waals surface area contributed by atoms with E-state index >= 15 is 0 Å². The summed E-state index contributed by atoms with van der Waals surface area (Å²) in [6.07, 6.45) is 3.74. The Morgan fingerprint density at radius 3 is 2.71 bits per heavy atom. The molecule has 76 valence electrons. The Labute approximate surface area is 83.6 Å². The second-order valence-electron chi connectivity index (χ2n) is 2.82. The van der Waals surface area contributed by atoms with Crippen molar-refractivity contribution in [1.82, 2.24) is 0 Å². The highest BCUT2D eigenvalue weighted by atomic mass is 16.5. The fourth-order valence-corrected chi connectivity index (χ4v) is 1.10. The zero-order valence-electron chi connectivity index (χ0n) is 8.36. The zero-order valence-corrected chi connectivity index (χ0v) is 8.36. The van der Waals surface area contributed by atoms with Crippen LogP contribution in [0.3, 0.4) is 0 Å². The molecule has 1 aromatic rings. The molecule has 0 atom stereocenters. The van der Waals surface area contributed by atoms with Gasteiger partial charge in [0.05, 0.1) is 13.7 Å². The maximum atomic E-state index is 9.34. The lowest BCUT2D eigenvalue weighted by Crippen LogP contribution is -1.84. The van der Waals surface area contributed by atoms with E-state index in [4.69, 9.17) is 9.47 Å². The molecule has 0 unspecified atom stereocenters. The van der Waals surface area contributed by atoms with Crippen LogP contribution in [0, 0.1) is 0 Å². The second-order valence-corrected chi connectivity index (χ2v) is 2.82. The summed E-state index contributed by atoms with van der Waals surface area (Å²) in [5.41, 5.74) is 0.888. The molecule has 0 aliphatic carbocycles. The van der Waals surface area contributed by atoms with E-state index in [1.54, 1.807) is 26.4 Å². The third kappa shape index (κ3) is 3.11. The van der Waals surface area contributed by atoms with E-state index in [-0.39, 0.29) is 5.75 Å². The molecule has 0 bridgehead atoms. The van der Waals surface area contributed by atoms with Crippen LogP contribution in [0.1, 0.15) is 5.56 Å². The first kappa shape index (κ1) is 10.6. The van der Waals surface area contributed by atoms with Gasteiger partial charge in [-0.3, -0.25) is 0 Å². The van der Waals surface area contributed by atoms with Crippen molar-refractivity contribution in [2.24, 2.45) is 0 Å². The first-order valence-corrected chi connectivity index (χ1v) is 4.30. The summed E-state index contributed by atoms with van der Waals surface area (Å²) in [4.78, 5) is 0. The van der Waals surface area contributed by atoms with Crippen molar-refractivity contribution in [1.29, 1.82) is 0 Å². The number of hydrogen-bond donors (Lipinski definition) is 1. The summed E-state index contributed by atoms with van der Waals surface area (Å²) in [6, 6.07) is 5.06. The van der Waals surface area contributed by atoms with Crippen LogP contribution in [-0.4, -0.2) is 25.9 Å². The van der Waals surface area contributed by atoms with Gasteiger partial charge in [-0.1, -0.05) is 12.2 Å². The molecule has 0 fully saturated rings. The van der Waals surface area contributed by atoms with Crippen LogP contribution >= 0.6 is 0 Å². The van der Waals surface area contributed by atoms with Gasteiger partial charge in [-0.15, -0.1) is 0 Å². The van der Waals surface area contributed by atoms with Gasteiger partial charge in [0.2, 0.25) is 0 Å². The lowest BCUT2D eigenvalue weighted by Gasteiger charge is -2.02. The largest absolute Gasteiger partial charge is 0.508 e. The van der Waals surface area contributed by atoms with Crippen molar-refractivity contribution < 1.29 is 14.6 Å². The number of aromatic hydroxyl groups is 1. The molecule has 0 saturated carbocycles. The highest BCUT2D eigenvalue weighted by molar-refractivity contribution is 5.54. The molecule has 3 heteroatoms. The minimum Gasteiger partial charge on any atom is -0.508 e. The summed E-state index contributed by atoms with van der Waals surface area (Å²) >= 11 is 0. The molecule has 0 aromatic heterocycles. The van der Waals surface area contributed by atoms with Crippen LogP contribution < -0.4 is 4.74 Å².